The van der Waals surface area contributed by atoms with Crippen LogP contribution < -0.4 is 10.6 Å². The van der Waals surface area contributed by atoms with Crippen molar-refractivity contribution < 1.29 is 4.74 Å². The van der Waals surface area contributed by atoms with E-state index in [4.69, 9.17) is 10.5 Å². The predicted octanol–water partition coefficient (Wildman–Crippen LogP) is 0.242. The van der Waals surface area contributed by atoms with Gasteiger partial charge >= 0.3 is 0 Å². The average molecular weight is 239 g/mol. The number of rotatable bonds is 4. The van der Waals surface area contributed by atoms with Crippen molar-refractivity contribution in [3.8, 4) is 0 Å². The lowest BCUT2D eigenvalue weighted by molar-refractivity contribution is -0.0217. The van der Waals surface area contributed by atoms with Crippen LogP contribution in [0.3, 0.4) is 0 Å². The van der Waals surface area contributed by atoms with Gasteiger partial charge in [-0.25, -0.2) is 4.68 Å². The maximum absolute atomic E-state index is 5.80. The predicted molar refractivity (Wildman–Crippen MR) is 65.9 cm³/mol. The summed E-state index contributed by atoms with van der Waals surface area (Å²) in [5, 5.41) is 8.02. The first-order chi connectivity index (χ1) is 8.24. The number of anilines is 1. The topological polar surface area (TPSA) is 69.2 Å². The Morgan fingerprint density at radius 3 is 2.71 bits per heavy atom. The zero-order valence-corrected chi connectivity index (χ0v) is 10.6. The molecule has 1 aliphatic heterocycles. The van der Waals surface area contributed by atoms with Gasteiger partial charge in [0, 0.05) is 33.3 Å². The maximum Gasteiger partial charge on any atom is 0.147 e. The maximum atomic E-state index is 5.80. The van der Waals surface area contributed by atoms with E-state index in [9.17, 15) is 0 Å². The van der Waals surface area contributed by atoms with E-state index in [1.807, 2.05) is 10.9 Å². The molecule has 2 N–H and O–H groups in total. The quantitative estimate of drug-likeness (QED) is 0.815. The molecule has 0 unspecified atom stereocenters. The van der Waals surface area contributed by atoms with Crippen LogP contribution in [0.5, 0.6) is 0 Å². The highest BCUT2D eigenvalue weighted by molar-refractivity contribution is 5.36. The lowest BCUT2D eigenvalue weighted by Gasteiger charge is -2.40. The largest absolute Gasteiger partial charge is 0.377 e. The molecule has 2 rings (SSSR count). The molecule has 2 heterocycles. The molecular formula is C11H21N5O. The van der Waals surface area contributed by atoms with Crippen molar-refractivity contribution in [3.05, 3.63) is 6.20 Å². The lowest BCUT2D eigenvalue weighted by Crippen LogP contribution is -2.50. The minimum atomic E-state index is -0.138. The van der Waals surface area contributed by atoms with Crippen LogP contribution in [0.25, 0.3) is 0 Å². The molecule has 0 atom stereocenters. The van der Waals surface area contributed by atoms with Crippen LogP contribution in [0.2, 0.25) is 0 Å². The molecular weight excluding hydrogens is 218 g/mol. The van der Waals surface area contributed by atoms with Crippen molar-refractivity contribution in [1.82, 2.24) is 15.0 Å². The van der Waals surface area contributed by atoms with Gasteiger partial charge in [0.2, 0.25) is 0 Å². The number of piperidine rings is 1. The Morgan fingerprint density at radius 1 is 1.47 bits per heavy atom. The van der Waals surface area contributed by atoms with E-state index < -0.39 is 0 Å². The molecule has 6 nitrogen and oxygen atoms in total. The summed E-state index contributed by atoms with van der Waals surface area (Å²) in [4.78, 5) is 2.30. The number of hydrogen-bond donors (Lipinski definition) is 1. The lowest BCUT2D eigenvalue weighted by atomic mass is 9.91. The monoisotopic (exact) mass is 239 g/mol. The van der Waals surface area contributed by atoms with Gasteiger partial charge in [0.1, 0.15) is 5.82 Å². The summed E-state index contributed by atoms with van der Waals surface area (Å²) in [6, 6.07) is 0. The third kappa shape index (κ3) is 2.28. The van der Waals surface area contributed by atoms with E-state index in [0.29, 0.717) is 6.54 Å². The second-order valence-corrected chi connectivity index (χ2v) is 4.49. The van der Waals surface area contributed by atoms with Crippen LogP contribution in [0.15, 0.2) is 6.20 Å². The molecule has 1 aromatic heterocycles. The summed E-state index contributed by atoms with van der Waals surface area (Å²) in [5.74, 6) is 1.09. The van der Waals surface area contributed by atoms with Crippen molar-refractivity contribution in [2.24, 2.45) is 5.73 Å². The third-order valence-corrected chi connectivity index (χ3v) is 3.70. The molecule has 1 saturated heterocycles. The van der Waals surface area contributed by atoms with Gasteiger partial charge in [0.05, 0.1) is 11.8 Å². The number of nitrogens with zero attached hydrogens (tertiary/aromatic N) is 4. The second-order valence-electron chi connectivity index (χ2n) is 4.49. The first-order valence-electron chi connectivity index (χ1n) is 6.13. The van der Waals surface area contributed by atoms with Gasteiger partial charge < -0.3 is 15.4 Å². The Bertz CT molecular complexity index is 350. The fourth-order valence-corrected chi connectivity index (χ4v) is 2.36. The number of hydrogen-bond acceptors (Lipinski definition) is 5. The number of ether oxygens (including phenoxy) is 1. The molecule has 0 saturated carbocycles. The van der Waals surface area contributed by atoms with Gasteiger partial charge in [-0.05, 0) is 19.8 Å². The number of aryl methyl sites for hydroxylation is 1. The molecule has 0 aromatic carbocycles. The number of aromatic nitrogens is 3. The van der Waals surface area contributed by atoms with E-state index in [0.717, 1.165) is 38.3 Å². The average Bonchev–Trinajstić information content (AvgIpc) is 2.87. The number of nitrogens with two attached hydrogens (primary N) is 1. The molecule has 0 amide bonds. The van der Waals surface area contributed by atoms with E-state index in [2.05, 4.69) is 22.1 Å². The molecule has 17 heavy (non-hydrogen) atoms. The van der Waals surface area contributed by atoms with Crippen LogP contribution in [0, 0.1) is 0 Å². The summed E-state index contributed by atoms with van der Waals surface area (Å²) in [5.41, 5.74) is 5.66. The zero-order valence-electron chi connectivity index (χ0n) is 10.6. The summed E-state index contributed by atoms with van der Waals surface area (Å²) in [7, 11) is 1.75. The first-order valence-corrected chi connectivity index (χ1v) is 6.13. The van der Waals surface area contributed by atoms with Crippen LogP contribution in [0.4, 0.5) is 5.82 Å². The van der Waals surface area contributed by atoms with Crippen LogP contribution in [0.1, 0.15) is 19.8 Å². The van der Waals surface area contributed by atoms with Crippen molar-refractivity contribution in [2.75, 3.05) is 31.6 Å². The molecule has 96 valence electrons. The SMILES string of the molecule is CCn1nncc1N1CCC(CN)(OC)CC1. The zero-order chi connectivity index (χ0) is 12.3. The fraction of sp³-hybridized carbons (Fsp3) is 0.818. The van der Waals surface area contributed by atoms with Crippen LogP contribution >= 0.6 is 0 Å². The van der Waals surface area contributed by atoms with Gasteiger partial charge in [-0.15, -0.1) is 5.10 Å². The van der Waals surface area contributed by atoms with Crippen LogP contribution in [-0.2, 0) is 11.3 Å². The van der Waals surface area contributed by atoms with E-state index in [-0.39, 0.29) is 5.60 Å². The van der Waals surface area contributed by atoms with Gasteiger partial charge in [-0.3, -0.25) is 0 Å². The molecule has 0 bridgehead atoms. The summed E-state index contributed by atoms with van der Waals surface area (Å²) in [6.07, 6.45) is 3.73. The fourth-order valence-electron chi connectivity index (χ4n) is 2.36. The third-order valence-electron chi connectivity index (χ3n) is 3.70. The Balaban J connectivity index is 2.04. The van der Waals surface area contributed by atoms with Gasteiger partial charge in [0.15, 0.2) is 0 Å². The van der Waals surface area contributed by atoms with Crippen molar-refractivity contribution in [3.63, 3.8) is 0 Å². The van der Waals surface area contributed by atoms with E-state index in [1.165, 1.54) is 0 Å². The molecule has 1 aromatic rings. The standard InChI is InChI=1S/C11H21N5O/c1-3-16-10(8-13-14-16)15-6-4-11(9-12,17-2)5-7-15/h8H,3-7,9,12H2,1-2H3. The Kier molecular flexibility index (Phi) is 3.63. The Labute approximate surface area is 102 Å². The summed E-state index contributed by atoms with van der Waals surface area (Å²) < 4.78 is 7.48. The second kappa shape index (κ2) is 5.01. The first kappa shape index (κ1) is 12.3. The van der Waals surface area contributed by atoms with Gasteiger partial charge in [-0.1, -0.05) is 5.21 Å². The Morgan fingerprint density at radius 2 is 2.18 bits per heavy atom. The number of methoxy groups -OCH3 is 1. The molecule has 6 heteroatoms. The Hall–Kier alpha value is -1.14. The highest BCUT2D eigenvalue weighted by Crippen LogP contribution is 2.27. The highest BCUT2D eigenvalue weighted by atomic mass is 16.5. The minimum absolute atomic E-state index is 0.138. The van der Waals surface area contributed by atoms with E-state index >= 15 is 0 Å². The van der Waals surface area contributed by atoms with Gasteiger partial charge in [-0.2, -0.15) is 0 Å². The molecule has 0 aliphatic carbocycles. The van der Waals surface area contributed by atoms with E-state index in [1.54, 1.807) is 7.11 Å². The van der Waals surface area contributed by atoms with Crippen molar-refractivity contribution in [1.29, 1.82) is 0 Å². The minimum Gasteiger partial charge on any atom is -0.377 e. The van der Waals surface area contributed by atoms with Gasteiger partial charge in [0.25, 0.3) is 0 Å². The van der Waals surface area contributed by atoms with Crippen molar-refractivity contribution >= 4 is 5.82 Å². The summed E-state index contributed by atoms with van der Waals surface area (Å²) >= 11 is 0. The smallest absolute Gasteiger partial charge is 0.147 e. The van der Waals surface area contributed by atoms with Crippen molar-refractivity contribution in [2.45, 2.75) is 31.9 Å². The molecule has 0 radical (unpaired) electrons. The molecule has 0 spiro atoms. The molecule has 1 aliphatic rings. The van der Waals surface area contributed by atoms with Crippen LogP contribution in [-0.4, -0.2) is 47.3 Å². The summed E-state index contributed by atoms with van der Waals surface area (Å²) in [6.45, 7) is 5.39. The molecule has 1 fully saturated rings. The highest BCUT2D eigenvalue weighted by Gasteiger charge is 2.34. The normalized spacial score (nSPS) is 19.6.